The molecule has 0 aromatic heterocycles. The normalized spacial score (nSPS) is 23.8. The molecule has 0 bridgehead atoms. The predicted molar refractivity (Wildman–Crippen MR) is 107 cm³/mol. The Balaban J connectivity index is 1.48. The van der Waals surface area contributed by atoms with Gasteiger partial charge in [0.05, 0.1) is 11.2 Å². The van der Waals surface area contributed by atoms with Crippen molar-refractivity contribution >= 4 is 24.4 Å². The first kappa shape index (κ1) is 19.5. The van der Waals surface area contributed by atoms with Gasteiger partial charge in [0.15, 0.2) is 0 Å². The summed E-state index contributed by atoms with van der Waals surface area (Å²) in [5.41, 5.74) is 0.469. The summed E-state index contributed by atoms with van der Waals surface area (Å²) in [6.07, 6.45) is 2.03. The van der Waals surface area contributed by atoms with E-state index in [9.17, 15) is 9.59 Å². The van der Waals surface area contributed by atoms with E-state index >= 15 is 0 Å². The van der Waals surface area contributed by atoms with E-state index in [1.807, 2.05) is 61.8 Å². The van der Waals surface area contributed by atoms with Gasteiger partial charge in [-0.05, 0) is 52.1 Å². The molecule has 28 heavy (non-hydrogen) atoms. The van der Waals surface area contributed by atoms with Crippen molar-refractivity contribution in [1.29, 1.82) is 0 Å². The average molecular weight is 384 g/mol. The van der Waals surface area contributed by atoms with Gasteiger partial charge in [-0.15, -0.1) is 0 Å². The molecule has 2 aliphatic heterocycles. The highest BCUT2D eigenvalue weighted by Crippen LogP contribution is 2.36. The minimum Gasteiger partial charge on any atom is -0.399 e. The van der Waals surface area contributed by atoms with E-state index in [1.54, 1.807) is 0 Å². The molecule has 1 aromatic rings. The van der Waals surface area contributed by atoms with Crippen molar-refractivity contribution in [2.24, 2.45) is 5.92 Å². The Hall–Kier alpha value is -1.86. The Morgan fingerprint density at radius 1 is 0.929 bits per heavy atom. The summed E-state index contributed by atoms with van der Waals surface area (Å²) in [4.78, 5) is 29.2. The first-order chi connectivity index (χ1) is 13.2. The maximum absolute atomic E-state index is 13.2. The van der Waals surface area contributed by atoms with Crippen LogP contribution in [0.3, 0.4) is 0 Å². The summed E-state index contributed by atoms with van der Waals surface area (Å²) < 4.78 is 12.3. The van der Waals surface area contributed by atoms with E-state index in [1.165, 1.54) is 0 Å². The van der Waals surface area contributed by atoms with E-state index < -0.39 is 18.3 Å². The second kappa shape index (κ2) is 6.88. The molecule has 6 nitrogen and oxygen atoms in total. The first-order valence-electron chi connectivity index (χ1n) is 10.2. The number of nitrogens with zero attached hydrogens (tertiary/aromatic N) is 2. The molecule has 1 aliphatic carbocycles. The lowest BCUT2D eigenvalue weighted by atomic mass is 9.75. The average Bonchev–Trinajstić information content (AvgIpc) is 3.48. The number of carbonyl (C=O) groups excluding carboxylic acids is 2. The third kappa shape index (κ3) is 3.46. The van der Waals surface area contributed by atoms with Gasteiger partial charge in [-0.25, -0.2) is 0 Å². The van der Waals surface area contributed by atoms with Gasteiger partial charge in [0.1, 0.15) is 0 Å². The highest BCUT2D eigenvalue weighted by Gasteiger charge is 2.52. The largest absolute Gasteiger partial charge is 0.495 e. The fraction of sp³-hybridized carbons (Fsp3) is 0.619. The van der Waals surface area contributed by atoms with Crippen LogP contribution in [0.1, 0.15) is 50.9 Å². The van der Waals surface area contributed by atoms with Gasteiger partial charge in [0.25, 0.3) is 5.91 Å². The van der Waals surface area contributed by atoms with E-state index in [2.05, 4.69) is 0 Å². The zero-order valence-electron chi connectivity index (χ0n) is 17.2. The number of piperazine rings is 1. The molecular formula is C21H29BN2O4. The Kier molecular flexibility index (Phi) is 4.78. The third-order valence-electron chi connectivity index (χ3n) is 6.50. The van der Waals surface area contributed by atoms with Gasteiger partial charge in [0.2, 0.25) is 5.91 Å². The molecule has 0 atom stereocenters. The fourth-order valence-corrected chi connectivity index (χ4v) is 3.76. The van der Waals surface area contributed by atoms with Crippen molar-refractivity contribution < 1.29 is 18.9 Å². The first-order valence-corrected chi connectivity index (χ1v) is 10.2. The molecule has 2 heterocycles. The lowest BCUT2D eigenvalue weighted by Crippen LogP contribution is -2.52. The summed E-state index contributed by atoms with van der Waals surface area (Å²) in [6, 6.07) is 7.52. The van der Waals surface area contributed by atoms with Crippen LogP contribution in [0.25, 0.3) is 0 Å². The fourth-order valence-electron chi connectivity index (χ4n) is 3.76. The molecule has 0 N–H and O–H groups in total. The van der Waals surface area contributed by atoms with E-state index in [-0.39, 0.29) is 17.7 Å². The molecule has 1 saturated carbocycles. The van der Waals surface area contributed by atoms with Crippen molar-refractivity contribution in [3.05, 3.63) is 29.8 Å². The maximum atomic E-state index is 13.2. The summed E-state index contributed by atoms with van der Waals surface area (Å²) in [7, 11) is -0.567. The predicted octanol–water partition coefficient (Wildman–Crippen LogP) is 1.68. The monoisotopic (exact) mass is 384 g/mol. The van der Waals surface area contributed by atoms with Crippen LogP contribution in [-0.2, 0) is 14.1 Å². The molecule has 7 heteroatoms. The Morgan fingerprint density at radius 3 is 2.04 bits per heavy atom. The number of amides is 2. The van der Waals surface area contributed by atoms with Gasteiger partial charge in [-0.2, -0.15) is 0 Å². The van der Waals surface area contributed by atoms with Gasteiger partial charge in [-0.3, -0.25) is 9.59 Å². The van der Waals surface area contributed by atoms with E-state index in [0.29, 0.717) is 31.7 Å². The van der Waals surface area contributed by atoms with Crippen LogP contribution >= 0.6 is 0 Å². The molecule has 0 radical (unpaired) electrons. The highest BCUT2D eigenvalue weighted by molar-refractivity contribution is 6.63. The number of hydrogen-bond acceptors (Lipinski definition) is 4. The smallest absolute Gasteiger partial charge is 0.399 e. The lowest BCUT2D eigenvalue weighted by Gasteiger charge is -2.35. The van der Waals surface area contributed by atoms with Gasteiger partial charge >= 0.3 is 7.12 Å². The molecule has 3 aliphatic rings. The van der Waals surface area contributed by atoms with Gasteiger partial charge in [0, 0.05) is 37.7 Å². The highest BCUT2D eigenvalue weighted by atomic mass is 16.7. The second-order valence-electron chi connectivity index (χ2n) is 9.07. The lowest BCUT2D eigenvalue weighted by molar-refractivity contribution is -0.134. The molecule has 0 unspecified atom stereocenters. The standard InChI is InChI=1S/C21H29BN2O4/c1-20(2)21(3,4)28-22(27-20)17-8-6-5-7-16(17)19(26)24-13-11-23(12-14-24)18(25)15-9-10-15/h5-8,15H,9-14H2,1-4H3. The van der Waals surface area contributed by atoms with Crippen LogP contribution in [0, 0.1) is 5.92 Å². The van der Waals surface area contributed by atoms with Crippen LogP contribution in [0.2, 0.25) is 0 Å². The summed E-state index contributed by atoms with van der Waals surface area (Å²) in [5.74, 6) is 0.458. The second-order valence-corrected chi connectivity index (χ2v) is 9.07. The van der Waals surface area contributed by atoms with Crippen molar-refractivity contribution in [2.45, 2.75) is 51.7 Å². The van der Waals surface area contributed by atoms with Crippen LogP contribution in [0.4, 0.5) is 0 Å². The van der Waals surface area contributed by atoms with Crippen molar-refractivity contribution in [3.63, 3.8) is 0 Å². The number of carbonyl (C=O) groups is 2. The van der Waals surface area contributed by atoms with Crippen molar-refractivity contribution in [3.8, 4) is 0 Å². The minimum atomic E-state index is -0.567. The van der Waals surface area contributed by atoms with Crippen molar-refractivity contribution in [1.82, 2.24) is 9.80 Å². The molecular weight excluding hydrogens is 355 g/mol. The van der Waals surface area contributed by atoms with Gasteiger partial charge in [-0.1, -0.05) is 18.2 Å². The Morgan fingerprint density at radius 2 is 1.46 bits per heavy atom. The maximum Gasteiger partial charge on any atom is 0.495 e. The van der Waals surface area contributed by atoms with Gasteiger partial charge < -0.3 is 19.1 Å². The summed E-state index contributed by atoms with van der Waals surface area (Å²) in [6.45, 7) is 10.4. The zero-order chi connectivity index (χ0) is 20.1. The van der Waals surface area contributed by atoms with E-state index in [0.717, 1.165) is 18.3 Å². The SMILES string of the molecule is CC1(C)OB(c2ccccc2C(=O)N2CCN(C(=O)C3CC3)CC2)OC1(C)C. The summed E-state index contributed by atoms with van der Waals surface area (Å²) >= 11 is 0. The minimum absolute atomic E-state index is 0.0242. The van der Waals surface area contributed by atoms with Crippen LogP contribution in [0.5, 0.6) is 0 Å². The van der Waals surface area contributed by atoms with Crippen LogP contribution in [-0.4, -0.2) is 66.1 Å². The molecule has 2 amide bonds. The zero-order valence-corrected chi connectivity index (χ0v) is 17.2. The number of hydrogen-bond donors (Lipinski definition) is 0. The van der Waals surface area contributed by atoms with Crippen molar-refractivity contribution in [2.75, 3.05) is 26.2 Å². The van der Waals surface area contributed by atoms with E-state index in [4.69, 9.17) is 9.31 Å². The van der Waals surface area contributed by atoms with Crippen LogP contribution in [0.15, 0.2) is 24.3 Å². The molecule has 1 aromatic carbocycles. The molecule has 150 valence electrons. The Labute approximate surface area is 167 Å². The molecule has 0 spiro atoms. The van der Waals surface area contributed by atoms with Crippen LogP contribution < -0.4 is 5.46 Å². The number of benzene rings is 1. The summed E-state index contributed by atoms with van der Waals surface area (Å²) in [5, 5.41) is 0. The Bertz CT molecular complexity index is 766. The third-order valence-corrected chi connectivity index (χ3v) is 6.50. The molecule has 3 fully saturated rings. The number of rotatable bonds is 3. The molecule has 4 rings (SSSR count). The topological polar surface area (TPSA) is 59.1 Å². The quantitative estimate of drug-likeness (QED) is 0.745. The molecule has 2 saturated heterocycles.